The molecule has 0 aliphatic rings. The average Bonchev–Trinajstić information content (AvgIpc) is 2.72. The molecule has 0 fully saturated rings. The van der Waals surface area contributed by atoms with Crippen molar-refractivity contribution in [3.63, 3.8) is 0 Å². The van der Waals surface area contributed by atoms with Crippen molar-refractivity contribution in [3.8, 4) is 0 Å². The van der Waals surface area contributed by atoms with Crippen LogP contribution in [0.4, 0.5) is 15.8 Å². The molecule has 1 aromatic carbocycles. The number of nitrogens with two attached hydrogens (primary N) is 1. The predicted octanol–water partition coefficient (Wildman–Crippen LogP) is 1.58. The van der Waals surface area contributed by atoms with Gasteiger partial charge in [-0.05, 0) is 25.1 Å². The van der Waals surface area contributed by atoms with Gasteiger partial charge in [-0.3, -0.25) is 4.79 Å². The Morgan fingerprint density at radius 1 is 1.50 bits per heavy atom. The minimum atomic E-state index is -0.453. The second kappa shape index (κ2) is 5.91. The number of thioether (sulfide) groups is 1. The highest BCUT2D eigenvalue weighted by Gasteiger charge is 2.10. The second-order valence-corrected chi connectivity index (χ2v) is 5.10. The number of anilines is 2. The summed E-state index contributed by atoms with van der Waals surface area (Å²) in [6.45, 7) is 1.82. The minimum absolute atomic E-state index is 0.141. The van der Waals surface area contributed by atoms with Gasteiger partial charge in [-0.2, -0.15) is 0 Å². The molecule has 0 unspecified atom stereocenters. The Hall–Kier alpha value is -2.09. The van der Waals surface area contributed by atoms with E-state index in [2.05, 4.69) is 15.5 Å². The molecule has 0 aliphatic carbocycles. The molecule has 1 amide bonds. The Bertz CT molecular complexity index is 643. The van der Waals surface area contributed by atoms with Gasteiger partial charge in [0.25, 0.3) is 0 Å². The van der Waals surface area contributed by atoms with Crippen molar-refractivity contribution in [1.29, 1.82) is 0 Å². The first-order valence-corrected chi connectivity index (χ1v) is 6.79. The quantitative estimate of drug-likeness (QED) is 0.660. The van der Waals surface area contributed by atoms with Crippen LogP contribution in [0.3, 0.4) is 0 Å². The summed E-state index contributed by atoms with van der Waals surface area (Å²) in [6, 6.07) is 3.83. The number of carbonyl (C=O) groups excluding carboxylic acids is 1. The molecule has 0 atom stereocenters. The summed E-state index contributed by atoms with van der Waals surface area (Å²) in [7, 11) is 1.82. The van der Waals surface area contributed by atoms with Gasteiger partial charge in [0.15, 0.2) is 5.16 Å². The topological polar surface area (TPSA) is 85.8 Å². The highest BCUT2D eigenvalue weighted by molar-refractivity contribution is 7.99. The van der Waals surface area contributed by atoms with Crippen molar-refractivity contribution < 1.29 is 9.18 Å². The summed E-state index contributed by atoms with van der Waals surface area (Å²) in [5.41, 5.74) is 6.24. The maximum atomic E-state index is 13.1. The molecule has 0 spiro atoms. The maximum Gasteiger partial charge on any atom is 0.234 e. The molecule has 0 radical (unpaired) electrons. The van der Waals surface area contributed by atoms with Crippen molar-refractivity contribution in [2.45, 2.75) is 12.1 Å². The number of nitrogens with zero attached hydrogens (tertiary/aromatic N) is 3. The number of aryl methyl sites for hydroxylation is 1. The smallest absolute Gasteiger partial charge is 0.234 e. The molecule has 0 saturated heterocycles. The molecule has 8 heteroatoms. The fourth-order valence-corrected chi connectivity index (χ4v) is 2.22. The Kier molecular flexibility index (Phi) is 4.23. The van der Waals surface area contributed by atoms with Crippen molar-refractivity contribution in [2.24, 2.45) is 7.05 Å². The summed E-state index contributed by atoms with van der Waals surface area (Å²) in [4.78, 5) is 11.8. The SMILES string of the molecule is Cc1nnc(SCC(=O)Nc2cc(F)ccc2N)n1C. The van der Waals surface area contributed by atoms with Gasteiger partial charge in [-0.1, -0.05) is 11.8 Å². The fourth-order valence-electron chi connectivity index (χ4n) is 1.47. The normalized spacial score (nSPS) is 10.6. The van der Waals surface area contributed by atoms with E-state index in [1.54, 1.807) is 4.57 Å². The summed E-state index contributed by atoms with van der Waals surface area (Å²) in [5.74, 6) is 0.170. The van der Waals surface area contributed by atoms with Crippen LogP contribution in [0.25, 0.3) is 0 Å². The van der Waals surface area contributed by atoms with Crippen LogP contribution in [0.5, 0.6) is 0 Å². The molecule has 1 heterocycles. The first kappa shape index (κ1) is 14.3. The van der Waals surface area contributed by atoms with Gasteiger partial charge in [0.2, 0.25) is 5.91 Å². The molecule has 0 bridgehead atoms. The standard InChI is InChI=1S/C12H14FN5OS/c1-7-16-17-12(18(7)2)20-6-11(19)15-10-5-8(13)3-4-9(10)14/h3-5H,6,14H2,1-2H3,(H,15,19). The maximum absolute atomic E-state index is 13.1. The van der Waals surface area contributed by atoms with Gasteiger partial charge in [0.1, 0.15) is 11.6 Å². The molecule has 6 nitrogen and oxygen atoms in total. The van der Waals surface area contributed by atoms with Crippen molar-refractivity contribution in [2.75, 3.05) is 16.8 Å². The number of carbonyl (C=O) groups is 1. The van der Waals surface area contributed by atoms with Gasteiger partial charge >= 0.3 is 0 Å². The number of amides is 1. The number of halogens is 1. The molecule has 106 valence electrons. The second-order valence-electron chi connectivity index (χ2n) is 4.16. The average molecular weight is 295 g/mol. The summed E-state index contributed by atoms with van der Waals surface area (Å²) >= 11 is 1.25. The van der Waals surface area contributed by atoms with Crippen LogP contribution in [0.1, 0.15) is 5.82 Å². The summed E-state index contributed by atoms with van der Waals surface area (Å²) in [5, 5.41) is 11.0. The molecular weight excluding hydrogens is 281 g/mol. The van der Waals surface area contributed by atoms with Crippen molar-refractivity contribution in [3.05, 3.63) is 29.8 Å². The first-order chi connectivity index (χ1) is 9.47. The lowest BCUT2D eigenvalue weighted by atomic mass is 10.2. The Morgan fingerprint density at radius 2 is 2.25 bits per heavy atom. The number of nitrogens with one attached hydrogen (secondary N) is 1. The van der Waals surface area contributed by atoms with E-state index in [0.29, 0.717) is 10.8 Å². The van der Waals surface area contributed by atoms with Crippen LogP contribution in [-0.4, -0.2) is 26.4 Å². The van der Waals surface area contributed by atoms with Gasteiger partial charge in [-0.15, -0.1) is 10.2 Å². The number of benzene rings is 1. The predicted molar refractivity (Wildman–Crippen MR) is 75.9 cm³/mol. The van der Waals surface area contributed by atoms with E-state index in [4.69, 9.17) is 5.73 Å². The van der Waals surface area contributed by atoms with Gasteiger partial charge in [0, 0.05) is 7.05 Å². The Balaban J connectivity index is 1.96. The lowest BCUT2D eigenvalue weighted by molar-refractivity contribution is -0.113. The third-order valence-corrected chi connectivity index (χ3v) is 3.69. The molecule has 2 aromatic rings. The Labute approximate surface area is 119 Å². The van der Waals surface area contributed by atoms with E-state index in [1.807, 2.05) is 14.0 Å². The van der Waals surface area contributed by atoms with Gasteiger partial charge in [-0.25, -0.2) is 4.39 Å². The monoisotopic (exact) mass is 295 g/mol. The highest BCUT2D eigenvalue weighted by Crippen LogP contribution is 2.20. The molecule has 3 N–H and O–H groups in total. The third kappa shape index (κ3) is 3.27. The zero-order valence-electron chi connectivity index (χ0n) is 11.1. The van der Waals surface area contributed by atoms with Crippen LogP contribution in [0, 0.1) is 12.7 Å². The lowest BCUT2D eigenvalue weighted by Crippen LogP contribution is -2.15. The molecule has 0 aliphatic heterocycles. The number of hydrogen-bond acceptors (Lipinski definition) is 5. The van der Waals surface area contributed by atoms with Crippen LogP contribution >= 0.6 is 11.8 Å². The van der Waals surface area contributed by atoms with Crippen LogP contribution in [0.2, 0.25) is 0 Å². The van der Waals surface area contributed by atoms with E-state index in [9.17, 15) is 9.18 Å². The molecule has 0 saturated carbocycles. The van der Waals surface area contributed by atoms with Crippen LogP contribution in [-0.2, 0) is 11.8 Å². The summed E-state index contributed by atoms with van der Waals surface area (Å²) in [6.07, 6.45) is 0. The highest BCUT2D eigenvalue weighted by atomic mass is 32.2. The van der Waals surface area contributed by atoms with Gasteiger partial charge < -0.3 is 15.6 Å². The van der Waals surface area contributed by atoms with Gasteiger partial charge in [0.05, 0.1) is 17.1 Å². The number of aromatic nitrogens is 3. The van der Waals surface area contributed by atoms with Crippen LogP contribution < -0.4 is 11.1 Å². The lowest BCUT2D eigenvalue weighted by Gasteiger charge is -2.07. The first-order valence-electron chi connectivity index (χ1n) is 5.81. The van der Waals surface area contributed by atoms with E-state index in [-0.39, 0.29) is 17.3 Å². The minimum Gasteiger partial charge on any atom is -0.397 e. The largest absolute Gasteiger partial charge is 0.397 e. The Morgan fingerprint density at radius 3 is 2.90 bits per heavy atom. The van der Waals surface area contributed by atoms with E-state index >= 15 is 0 Å². The van der Waals surface area contributed by atoms with Crippen molar-refractivity contribution in [1.82, 2.24) is 14.8 Å². The molecule has 1 aromatic heterocycles. The number of rotatable bonds is 4. The van der Waals surface area contributed by atoms with E-state index in [1.165, 1.54) is 30.0 Å². The molecule has 20 heavy (non-hydrogen) atoms. The summed E-state index contributed by atoms with van der Waals surface area (Å²) < 4.78 is 14.9. The number of nitrogen functional groups attached to an aromatic ring is 1. The molecular formula is C12H14FN5OS. The molecule has 2 rings (SSSR count). The zero-order valence-corrected chi connectivity index (χ0v) is 11.9. The van der Waals surface area contributed by atoms with Crippen LogP contribution in [0.15, 0.2) is 23.4 Å². The van der Waals surface area contributed by atoms with E-state index in [0.717, 1.165) is 5.82 Å². The fraction of sp³-hybridized carbons (Fsp3) is 0.250. The zero-order chi connectivity index (χ0) is 14.7. The van der Waals surface area contributed by atoms with Crippen molar-refractivity contribution >= 4 is 29.0 Å². The number of hydrogen-bond donors (Lipinski definition) is 2. The third-order valence-electron chi connectivity index (χ3n) is 2.67. The van der Waals surface area contributed by atoms with E-state index < -0.39 is 5.82 Å².